The standard InChI is InChI=1S/C9H10BrN5/c1-6-7(3-2-4-12-6)5-15-8(10)13-9(11)14-15/h2-4H,5H2,1H3,(H2,11,14). The summed E-state index contributed by atoms with van der Waals surface area (Å²) < 4.78 is 2.32. The van der Waals surface area contributed by atoms with Gasteiger partial charge in [-0.3, -0.25) is 4.98 Å². The van der Waals surface area contributed by atoms with E-state index in [2.05, 4.69) is 31.0 Å². The van der Waals surface area contributed by atoms with Gasteiger partial charge in [0.05, 0.1) is 6.54 Å². The van der Waals surface area contributed by atoms with Gasteiger partial charge < -0.3 is 5.73 Å². The second-order valence-corrected chi connectivity index (χ2v) is 3.85. The number of nitrogens with zero attached hydrogens (tertiary/aromatic N) is 4. The van der Waals surface area contributed by atoms with Crippen molar-refractivity contribution in [1.29, 1.82) is 0 Å². The van der Waals surface area contributed by atoms with Gasteiger partial charge in [0, 0.05) is 11.9 Å². The van der Waals surface area contributed by atoms with E-state index in [4.69, 9.17) is 5.73 Å². The van der Waals surface area contributed by atoms with Crippen LogP contribution < -0.4 is 5.73 Å². The van der Waals surface area contributed by atoms with Gasteiger partial charge >= 0.3 is 0 Å². The van der Waals surface area contributed by atoms with E-state index in [1.807, 2.05) is 19.1 Å². The third-order valence-electron chi connectivity index (χ3n) is 2.08. The van der Waals surface area contributed by atoms with Crippen LogP contribution in [0.3, 0.4) is 0 Å². The molecule has 15 heavy (non-hydrogen) atoms. The predicted octanol–water partition coefficient (Wildman–Crippen LogP) is 1.37. The normalized spacial score (nSPS) is 10.5. The highest BCUT2D eigenvalue weighted by Gasteiger charge is 2.06. The summed E-state index contributed by atoms with van der Waals surface area (Å²) in [5.74, 6) is 0.267. The zero-order valence-electron chi connectivity index (χ0n) is 8.18. The van der Waals surface area contributed by atoms with Crippen molar-refractivity contribution in [1.82, 2.24) is 19.7 Å². The molecule has 2 heterocycles. The Morgan fingerprint density at radius 1 is 1.53 bits per heavy atom. The van der Waals surface area contributed by atoms with Crippen LogP contribution >= 0.6 is 15.9 Å². The van der Waals surface area contributed by atoms with Gasteiger partial charge in [0.1, 0.15) is 0 Å². The Morgan fingerprint density at radius 3 is 2.93 bits per heavy atom. The number of nitrogens with two attached hydrogens (primary N) is 1. The molecular formula is C9H10BrN5. The number of aryl methyl sites for hydroxylation is 1. The van der Waals surface area contributed by atoms with Gasteiger partial charge in [-0.2, -0.15) is 4.98 Å². The van der Waals surface area contributed by atoms with Crippen molar-refractivity contribution in [3.8, 4) is 0 Å². The van der Waals surface area contributed by atoms with Gasteiger partial charge in [-0.25, -0.2) is 4.68 Å². The number of halogens is 1. The quantitative estimate of drug-likeness (QED) is 0.893. The van der Waals surface area contributed by atoms with E-state index in [1.165, 1.54) is 0 Å². The summed E-state index contributed by atoms with van der Waals surface area (Å²) >= 11 is 3.29. The molecule has 2 rings (SSSR count). The van der Waals surface area contributed by atoms with Crippen molar-refractivity contribution < 1.29 is 0 Å². The molecule has 78 valence electrons. The lowest BCUT2D eigenvalue weighted by molar-refractivity contribution is 0.665. The Hall–Kier alpha value is -1.43. The van der Waals surface area contributed by atoms with Crippen LogP contribution in [-0.2, 0) is 6.54 Å². The van der Waals surface area contributed by atoms with E-state index < -0.39 is 0 Å². The third kappa shape index (κ3) is 2.15. The molecule has 0 amide bonds. The molecule has 0 fully saturated rings. The fraction of sp³-hybridized carbons (Fsp3) is 0.222. The number of hydrogen-bond acceptors (Lipinski definition) is 4. The Morgan fingerprint density at radius 2 is 2.33 bits per heavy atom. The molecule has 0 aromatic carbocycles. The summed E-state index contributed by atoms with van der Waals surface area (Å²) in [6, 6.07) is 3.91. The lowest BCUT2D eigenvalue weighted by Crippen LogP contribution is -2.05. The van der Waals surface area contributed by atoms with Crippen LogP contribution in [0.2, 0.25) is 0 Å². The molecule has 6 heteroatoms. The molecule has 0 aliphatic heterocycles. The Bertz CT molecular complexity index is 479. The van der Waals surface area contributed by atoms with Crippen LogP contribution in [0.1, 0.15) is 11.3 Å². The van der Waals surface area contributed by atoms with E-state index >= 15 is 0 Å². The second-order valence-electron chi connectivity index (χ2n) is 3.14. The van der Waals surface area contributed by atoms with Crippen molar-refractivity contribution in [3.05, 3.63) is 34.3 Å². The average molecular weight is 268 g/mol. The van der Waals surface area contributed by atoms with Crippen molar-refractivity contribution >= 4 is 21.9 Å². The fourth-order valence-corrected chi connectivity index (χ4v) is 1.67. The lowest BCUT2D eigenvalue weighted by atomic mass is 10.2. The molecule has 0 spiro atoms. The highest BCUT2D eigenvalue weighted by atomic mass is 79.9. The first-order valence-electron chi connectivity index (χ1n) is 4.43. The van der Waals surface area contributed by atoms with Crippen molar-refractivity contribution in [2.75, 3.05) is 5.73 Å². The Balaban J connectivity index is 2.29. The molecule has 0 saturated carbocycles. The Kier molecular flexibility index (Phi) is 2.68. The molecule has 0 aliphatic rings. The fourth-order valence-electron chi connectivity index (χ4n) is 1.29. The molecule has 2 N–H and O–H groups in total. The number of aromatic nitrogens is 4. The van der Waals surface area contributed by atoms with Crippen molar-refractivity contribution in [3.63, 3.8) is 0 Å². The third-order valence-corrected chi connectivity index (χ3v) is 2.67. The minimum Gasteiger partial charge on any atom is -0.366 e. The van der Waals surface area contributed by atoms with Gasteiger partial charge in [0.25, 0.3) is 0 Å². The van der Waals surface area contributed by atoms with Crippen LogP contribution in [0.15, 0.2) is 23.1 Å². The zero-order valence-corrected chi connectivity index (χ0v) is 9.77. The topological polar surface area (TPSA) is 69.6 Å². The van der Waals surface area contributed by atoms with Crippen LogP contribution in [0.25, 0.3) is 0 Å². The number of rotatable bonds is 2. The number of pyridine rings is 1. The molecule has 5 nitrogen and oxygen atoms in total. The monoisotopic (exact) mass is 267 g/mol. The first-order chi connectivity index (χ1) is 7.16. The van der Waals surface area contributed by atoms with E-state index in [1.54, 1.807) is 10.9 Å². The van der Waals surface area contributed by atoms with Gasteiger partial charge in [0.2, 0.25) is 5.95 Å². The van der Waals surface area contributed by atoms with E-state index in [0.29, 0.717) is 11.3 Å². The highest BCUT2D eigenvalue weighted by molar-refractivity contribution is 9.10. The van der Waals surface area contributed by atoms with Gasteiger partial charge in [0.15, 0.2) is 4.73 Å². The summed E-state index contributed by atoms with van der Waals surface area (Å²) in [7, 11) is 0. The highest BCUT2D eigenvalue weighted by Crippen LogP contribution is 2.12. The van der Waals surface area contributed by atoms with E-state index in [9.17, 15) is 0 Å². The maximum atomic E-state index is 5.48. The molecule has 0 bridgehead atoms. The zero-order chi connectivity index (χ0) is 10.8. The second kappa shape index (κ2) is 3.98. The minimum atomic E-state index is 0.267. The first-order valence-corrected chi connectivity index (χ1v) is 5.22. The molecule has 2 aromatic heterocycles. The molecular weight excluding hydrogens is 258 g/mol. The number of hydrogen-bond donors (Lipinski definition) is 1. The van der Waals surface area contributed by atoms with Crippen LogP contribution in [-0.4, -0.2) is 19.7 Å². The molecule has 0 unspecified atom stereocenters. The first kappa shape index (κ1) is 10.1. The van der Waals surface area contributed by atoms with Crippen molar-refractivity contribution in [2.24, 2.45) is 0 Å². The predicted molar refractivity (Wildman–Crippen MR) is 60.2 cm³/mol. The van der Waals surface area contributed by atoms with Gasteiger partial charge in [-0.15, -0.1) is 5.10 Å². The molecule has 0 radical (unpaired) electrons. The lowest BCUT2D eigenvalue weighted by Gasteiger charge is -2.04. The SMILES string of the molecule is Cc1ncccc1Cn1nc(N)nc1Br. The Labute approximate surface area is 95.5 Å². The van der Waals surface area contributed by atoms with Crippen LogP contribution in [0.5, 0.6) is 0 Å². The summed E-state index contributed by atoms with van der Waals surface area (Å²) in [4.78, 5) is 8.17. The molecule has 0 atom stereocenters. The van der Waals surface area contributed by atoms with Gasteiger partial charge in [-0.1, -0.05) is 6.07 Å². The maximum absolute atomic E-state index is 5.48. The maximum Gasteiger partial charge on any atom is 0.240 e. The average Bonchev–Trinajstić information content (AvgIpc) is 2.49. The van der Waals surface area contributed by atoms with Crippen LogP contribution in [0, 0.1) is 6.92 Å². The van der Waals surface area contributed by atoms with Crippen molar-refractivity contribution in [2.45, 2.75) is 13.5 Å². The largest absolute Gasteiger partial charge is 0.366 e. The molecule has 2 aromatic rings. The molecule has 0 aliphatic carbocycles. The summed E-state index contributed by atoms with van der Waals surface area (Å²) in [6.45, 7) is 2.58. The van der Waals surface area contributed by atoms with E-state index in [-0.39, 0.29) is 5.95 Å². The van der Waals surface area contributed by atoms with E-state index in [0.717, 1.165) is 11.3 Å². The van der Waals surface area contributed by atoms with Crippen LogP contribution in [0.4, 0.5) is 5.95 Å². The van der Waals surface area contributed by atoms with Gasteiger partial charge in [-0.05, 0) is 34.5 Å². The summed E-state index contributed by atoms with van der Waals surface area (Å²) in [5.41, 5.74) is 7.57. The number of anilines is 1. The summed E-state index contributed by atoms with van der Waals surface area (Å²) in [5, 5.41) is 4.06. The number of nitrogen functional groups attached to an aromatic ring is 1. The smallest absolute Gasteiger partial charge is 0.240 e. The molecule has 0 saturated heterocycles. The minimum absolute atomic E-state index is 0.267. The summed E-state index contributed by atoms with van der Waals surface area (Å²) in [6.07, 6.45) is 1.77.